The van der Waals surface area contributed by atoms with Crippen molar-refractivity contribution in [2.24, 2.45) is 0 Å². The van der Waals surface area contributed by atoms with Gasteiger partial charge in [-0.2, -0.15) is 4.31 Å². The summed E-state index contributed by atoms with van der Waals surface area (Å²) in [6, 6.07) is 1.38. The second-order valence-corrected chi connectivity index (χ2v) is 8.11. The van der Waals surface area contributed by atoms with Crippen molar-refractivity contribution >= 4 is 16.0 Å². The van der Waals surface area contributed by atoms with E-state index in [1.54, 1.807) is 4.57 Å². The Hall–Kier alpha value is -1.34. The van der Waals surface area contributed by atoms with Gasteiger partial charge in [-0.05, 0) is 39.2 Å². The fraction of sp³-hybridized carbons (Fsp3) is 0.643. The zero-order valence-corrected chi connectivity index (χ0v) is 13.6. The largest absolute Gasteiger partial charge is 0.477 e. The number of rotatable bonds is 6. The first-order valence-corrected chi connectivity index (χ1v) is 8.49. The van der Waals surface area contributed by atoms with Crippen LogP contribution in [0.3, 0.4) is 0 Å². The second kappa shape index (κ2) is 5.14. The van der Waals surface area contributed by atoms with Crippen molar-refractivity contribution in [2.75, 3.05) is 7.05 Å². The molecule has 6 nitrogen and oxygen atoms in total. The molecule has 0 amide bonds. The molecule has 1 heterocycles. The lowest BCUT2D eigenvalue weighted by atomic mass is 10.0. The molecule has 0 aromatic carbocycles. The zero-order valence-electron chi connectivity index (χ0n) is 12.8. The van der Waals surface area contributed by atoms with E-state index in [-0.39, 0.29) is 16.6 Å². The summed E-state index contributed by atoms with van der Waals surface area (Å²) in [6.45, 7) is 5.62. The smallest absolute Gasteiger partial charge is 0.352 e. The van der Waals surface area contributed by atoms with Gasteiger partial charge in [0.15, 0.2) is 0 Å². The van der Waals surface area contributed by atoms with Crippen LogP contribution in [0.2, 0.25) is 0 Å². The molecular weight excluding hydrogens is 292 g/mol. The molecule has 2 rings (SSSR count). The molecule has 1 fully saturated rings. The van der Waals surface area contributed by atoms with E-state index in [2.05, 4.69) is 0 Å². The van der Waals surface area contributed by atoms with Gasteiger partial charge < -0.3 is 9.67 Å². The zero-order chi connectivity index (χ0) is 16.0. The maximum absolute atomic E-state index is 12.7. The van der Waals surface area contributed by atoms with Crippen LogP contribution in [0.1, 0.15) is 56.6 Å². The Morgan fingerprint density at radius 3 is 2.48 bits per heavy atom. The quantitative estimate of drug-likeness (QED) is 0.874. The van der Waals surface area contributed by atoms with Crippen molar-refractivity contribution in [3.05, 3.63) is 18.0 Å². The number of hydrogen-bond donors (Lipinski definition) is 1. The summed E-state index contributed by atoms with van der Waals surface area (Å²) in [5.41, 5.74) is -0.483. The van der Waals surface area contributed by atoms with E-state index in [9.17, 15) is 18.3 Å². The SMILES string of the molecule is CCC(C)(C)N(C)S(=O)(=O)c1cc(C(=O)O)n(C2CC2)c1. The Labute approximate surface area is 125 Å². The Morgan fingerprint density at radius 1 is 1.48 bits per heavy atom. The minimum absolute atomic E-state index is 0.0405. The van der Waals surface area contributed by atoms with Gasteiger partial charge in [-0.25, -0.2) is 13.2 Å². The van der Waals surface area contributed by atoms with Crippen LogP contribution in [-0.2, 0) is 10.0 Å². The Balaban J connectivity index is 2.46. The molecule has 0 saturated heterocycles. The first kappa shape index (κ1) is 16.0. The van der Waals surface area contributed by atoms with Crippen LogP contribution < -0.4 is 0 Å². The third-order valence-corrected chi connectivity index (χ3v) is 6.39. The van der Waals surface area contributed by atoms with Crippen LogP contribution in [0, 0.1) is 0 Å². The van der Waals surface area contributed by atoms with Gasteiger partial charge in [0.2, 0.25) is 10.0 Å². The van der Waals surface area contributed by atoms with Crippen LogP contribution in [0.25, 0.3) is 0 Å². The number of sulfonamides is 1. The highest BCUT2D eigenvalue weighted by molar-refractivity contribution is 7.89. The van der Waals surface area contributed by atoms with Crippen LogP contribution in [-0.4, -0.2) is 41.0 Å². The fourth-order valence-corrected chi connectivity index (χ4v) is 3.73. The summed E-state index contributed by atoms with van der Waals surface area (Å²) < 4.78 is 28.3. The van der Waals surface area contributed by atoms with E-state index in [1.807, 2.05) is 20.8 Å². The second-order valence-electron chi connectivity index (χ2n) is 6.14. The van der Waals surface area contributed by atoms with E-state index >= 15 is 0 Å². The van der Waals surface area contributed by atoms with Gasteiger partial charge in [-0.1, -0.05) is 6.92 Å². The molecule has 21 heavy (non-hydrogen) atoms. The highest BCUT2D eigenvalue weighted by Gasteiger charge is 2.36. The Kier molecular flexibility index (Phi) is 3.92. The van der Waals surface area contributed by atoms with Crippen molar-refractivity contribution in [3.63, 3.8) is 0 Å². The van der Waals surface area contributed by atoms with Crippen molar-refractivity contribution < 1.29 is 18.3 Å². The fourth-order valence-electron chi connectivity index (χ4n) is 2.13. The molecule has 0 radical (unpaired) electrons. The van der Waals surface area contributed by atoms with Crippen LogP contribution in [0.15, 0.2) is 17.2 Å². The molecule has 118 valence electrons. The molecule has 1 N–H and O–H groups in total. The first-order valence-electron chi connectivity index (χ1n) is 7.05. The third kappa shape index (κ3) is 2.85. The maximum Gasteiger partial charge on any atom is 0.352 e. The van der Waals surface area contributed by atoms with Crippen LogP contribution in [0.4, 0.5) is 0 Å². The lowest BCUT2D eigenvalue weighted by Crippen LogP contribution is -2.44. The topological polar surface area (TPSA) is 79.6 Å². The van der Waals surface area contributed by atoms with Gasteiger partial charge in [-0.15, -0.1) is 0 Å². The molecule has 1 aliphatic carbocycles. The highest BCUT2D eigenvalue weighted by atomic mass is 32.2. The highest BCUT2D eigenvalue weighted by Crippen LogP contribution is 2.38. The normalized spacial score (nSPS) is 16.4. The van der Waals surface area contributed by atoms with Crippen molar-refractivity contribution in [3.8, 4) is 0 Å². The van der Waals surface area contributed by atoms with E-state index in [0.717, 1.165) is 12.8 Å². The lowest BCUT2D eigenvalue weighted by molar-refractivity contribution is 0.0685. The van der Waals surface area contributed by atoms with Crippen molar-refractivity contribution in [1.29, 1.82) is 0 Å². The number of hydrogen-bond acceptors (Lipinski definition) is 3. The number of aromatic carboxylic acids is 1. The molecule has 1 saturated carbocycles. The summed E-state index contributed by atoms with van der Waals surface area (Å²) in [5.74, 6) is -1.10. The van der Waals surface area contributed by atoms with Gasteiger partial charge in [0.1, 0.15) is 10.6 Å². The predicted octanol–water partition coefficient (Wildman–Crippen LogP) is 2.33. The van der Waals surface area contributed by atoms with Gasteiger partial charge in [0.05, 0.1) is 0 Å². The minimum Gasteiger partial charge on any atom is -0.477 e. The molecule has 0 unspecified atom stereocenters. The Morgan fingerprint density at radius 2 is 2.05 bits per heavy atom. The summed E-state index contributed by atoms with van der Waals surface area (Å²) in [4.78, 5) is 11.3. The molecule has 0 spiro atoms. The number of carboxylic acids is 1. The molecular formula is C14H22N2O4S. The average Bonchev–Trinajstić information content (AvgIpc) is 3.15. The summed E-state index contributed by atoms with van der Waals surface area (Å²) in [7, 11) is -2.17. The predicted molar refractivity (Wildman–Crippen MR) is 79.0 cm³/mol. The number of aromatic nitrogens is 1. The molecule has 0 aliphatic heterocycles. The number of carbonyl (C=O) groups is 1. The standard InChI is InChI=1S/C14H22N2O4S/c1-5-14(2,3)15(4)21(19,20)11-8-12(13(17)18)16(9-11)10-6-7-10/h8-10H,5-7H2,1-4H3,(H,17,18). The summed E-state index contributed by atoms with van der Waals surface area (Å²) >= 11 is 0. The lowest BCUT2D eigenvalue weighted by Gasteiger charge is -2.33. The molecule has 1 aromatic rings. The number of nitrogens with zero attached hydrogens (tertiary/aromatic N) is 2. The van der Waals surface area contributed by atoms with Gasteiger partial charge in [0.25, 0.3) is 0 Å². The first-order chi connectivity index (χ1) is 9.61. The van der Waals surface area contributed by atoms with Gasteiger partial charge in [0, 0.05) is 24.8 Å². The van der Waals surface area contributed by atoms with Crippen LogP contribution in [0.5, 0.6) is 0 Å². The van der Waals surface area contributed by atoms with Crippen LogP contribution >= 0.6 is 0 Å². The summed E-state index contributed by atoms with van der Waals surface area (Å²) in [6.07, 6.45) is 3.91. The van der Waals surface area contributed by atoms with E-state index in [0.29, 0.717) is 6.42 Å². The van der Waals surface area contributed by atoms with Gasteiger partial charge >= 0.3 is 5.97 Å². The monoisotopic (exact) mass is 314 g/mol. The molecule has 1 aliphatic rings. The molecule has 7 heteroatoms. The molecule has 0 bridgehead atoms. The van der Waals surface area contributed by atoms with Gasteiger partial charge in [-0.3, -0.25) is 0 Å². The van der Waals surface area contributed by atoms with E-state index in [4.69, 9.17) is 0 Å². The Bertz CT molecular complexity index is 657. The third-order valence-electron chi connectivity index (χ3n) is 4.36. The van der Waals surface area contributed by atoms with E-state index in [1.165, 1.54) is 23.6 Å². The van der Waals surface area contributed by atoms with E-state index < -0.39 is 21.5 Å². The van der Waals surface area contributed by atoms with Crippen molar-refractivity contribution in [1.82, 2.24) is 8.87 Å². The molecule has 1 aromatic heterocycles. The maximum atomic E-state index is 12.7. The summed E-state index contributed by atoms with van der Waals surface area (Å²) in [5, 5.41) is 9.24. The minimum atomic E-state index is -3.70. The number of carboxylic acid groups (broad SMARTS) is 1. The average molecular weight is 314 g/mol. The molecule has 0 atom stereocenters. The van der Waals surface area contributed by atoms with Crippen molar-refractivity contribution in [2.45, 2.75) is 56.5 Å².